The van der Waals surface area contributed by atoms with Crippen LogP contribution in [0.5, 0.6) is 0 Å². The Labute approximate surface area is 187 Å². The lowest BCUT2D eigenvalue weighted by molar-refractivity contribution is -0.121. The number of benzene rings is 2. The Bertz CT molecular complexity index is 1150. The molecular weight excluding hydrogens is 404 g/mol. The zero-order valence-corrected chi connectivity index (χ0v) is 18.1. The minimum atomic E-state index is -0.213. The summed E-state index contributed by atoms with van der Waals surface area (Å²) in [7, 11) is 0. The Morgan fingerprint density at radius 1 is 0.875 bits per heavy atom. The molecule has 7 heteroatoms. The van der Waals surface area contributed by atoms with Gasteiger partial charge in [0, 0.05) is 30.3 Å². The van der Waals surface area contributed by atoms with E-state index in [1.165, 1.54) is 17.5 Å². The van der Waals surface area contributed by atoms with E-state index in [-0.39, 0.29) is 36.6 Å². The van der Waals surface area contributed by atoms with Gasteiger partial charge in [0.15, 0.2) is 5.78 Å². The fourth-order valence-electron chi connectivity index (χ4n) is 4.10. The fourth-order valence-corrected chi connectivity index (χ4v) is 4.10. The lowest BCUT2D eigenvalue weighted by Crippen LogP contribution is -2.32. The Morgan fingerprint density at radius 2 is 1.56 bits per heavy atom. The van der Waals surface area contributed by atoms with Crippen molar-refractivity contribution in [2.45, 2.75) is 38.8 Å². The average molecular weight is 433 g/mol. The van der Waals surface area contributed by atoms with Crippen molar-refractivity contribution in [1.82, 2.24) is 20.0 Å². The van der Waals surface area contributed by atoms with E-state index >= 15 is 0 Å². The van der Waals surface area contributed by atoms with Gasteiger partial charge in [0.25, 0.3) is 5.56 Å². The summed E-state index contributed by atoms with van der Waals surface area (Å²) in [6.45, 7) is 3.65. The summed E-state index contributed by atoms with van der Waals surface area (Å²) < 4.78 is 1.51. The third kappa shape index (κ3) is 5.29. The van der Waals surface area contributed by atoms with E-state index in [1.54, 1.807) is 18.2 Å². The Balaban J connectivity index is 1.42. The van der Waals surface area contributed by atoms with Gasteiger partial charge in [0.1, 0.15) is 0 Å². The first-order chi connectivity index (χ1) is 15.6. The maximum atomic E-state index is 12.9. The SMILES string of the molecule is O=C(CCC(=O)c1ccccc1)NCc1nn(CCN2CCCC2)c(=O)c2ccccc12. The summed E-state index contributed by atoms with van der Waals surface area (Å²) in [6, 6.07) is 16.3. The van der Waals surface area contributed by atoms with Crippen LogP contribution in [0.4, 0.5) is 0 Å². The van der Waals surface area contributed by atoms with Gasteiger partial charge < -0.3 is 10.2 Å². The lowest BCUT2D eigenvalue weighted by atomic mass is 10.1. The molecule has 0 unspecified atom stereocenters. The number of aromatic nitrogens is 2. The second-order valence-corrected chi connectivity index (χ2v) is 8.14. The van der Waals surface area contributed by atoms with Crippen LogP contribution in [0.15, 0.2) is 59.4 Å². The van der Waals surface area contributed by atoms with Crippen molar-refractivity contribution in [3.8, 4) is 0 Å². The van der Waals surface area contributed by atoms with E-state index in [0.717, 1.165) is 25.0 Å². The highest BCUT2D eigenvalue weighted by atomic mass is 16.2. The van der Waals surface area contributed by atoms with E-state index in [2.05, 4.69) is 15.3 Å². The van der Waals surface area contributed by atoms with Gasteiger partial charge in [-0.2, -0.15) is 5.10 Å². The molecule has 0 spiro atoms. The van der Waals surface area contributed by atoms with E-state index in [0.29, 0.717) is 23.2 Å². The molecule has 0 bridgehead atoms. The third-order valence-corrected chi connectivity index (χ3v) is 5.90. The zero-order chi connectivity index (χ0) is 22.3. The monoisotopic (exact) mass is 432 g/mol. The highest BCUT2D eigenvalue weighted by Crippen LogP contribution is 2.14. The van der Waals surface area contributed by atoms with Gasteiger partial charge in [-0.3, -0.25) is 14.4 Å². The third-order valence-electron chi connectivity index (χ3n) is 5.90. The smallest absolute Gasteiger partial charge is 0.274 e. The summed E-state index contributed by atoms with van der Waals surface area (Å²) in [5.74, 6) is -0.269. The van der Waals surface area contributed by atoms with Crippen LogP contribution in [0.2, 0.25) is 0 Å². The highest BCUT2D eigenvalue weighted by Gasteiger charge is 2.15. The molecule has 0 aliphatic carbocycles. The molecule has 0 atom stereocenters. The van der Waals surface area contributed by atoms with Gasteiger partial charge in [-0.15, -0.1) is 0 Å². The number of Topliss-reactive ketones (excluding diaryl/α,β-unsaturated/α-hetero) is 1. The van der Waals surface area contributed by atoms with Gasteiger partial charge in [0.2, 0.25) is 5.91 Å². The van der Waals surface area contributed by atoms with E-state index < -0.39 is 0 Å². The number of fused-ring (bicyclic) bond motifs is 1. The molecule has 0 radical (unpaired) electrons. The van der Waals surface area contributed by atoms with Crippen molar-refractivity contribution < 1.29 is 9.59 Å². The summed E-state index contributed by atoms with van der Waals surface area (Å²) in [4.78, 5) is 39.8. The number of carbonyl (C=O) groups excluding carboxylic acids is 2. The standard InChI is InChI=1S/C25H28N4O3/c30-23(19-8-2-1-3-9-19)12-13-24(31)26-18-22-20-10-4-5-11-21(20)25(32)29(27-22)17-16-28-14-6-7-15-28/h1-5,8-11H,6-7,12-18H2,(H,26,31). The van der Waals surface area contributed by atoms with Crippen LogP contribution in [-0.4, -0.2) is 46.0 Å². The molecule has 3 aromatic rings. The van der Waals surface area contributed by atoms with Gasteiger partial charge in [-0.25, -0.2) is 4.68 Å². The molecule has 32 heavy (non-hydrogen) atoms. The molecule has 1 aromatic heterocycles. The second kappa shape index (κ2) is 10.3. The molecular formula is C25H28N4O3. The molecule has 1 N–H and O–H groups in total. The first-order valence-corrected chi connectivity index (χ1v) is 11.2. The highest BCUT2D eigenvalue weighted by molar-refractivity contribution is 5.97. The fraction of sp³-hybridized carbons (Fsp3) is 0.360. The number of rotatable bonds is 9. The van der Waals surface area contributed by atoms with Crippen molar-refractivity contribution in [3.63, 3.8) is 0 Å². The number of amides is 1. The Kier molecular flexibility index (Phi) is 7.07. The molecule has 1 aliphatic rings. The Hall–Kier alpha value is -3.32. The first-order valence-electron chi connectivity index (χ1n) is 11.2. The molecule has 1 saturated heterocycles. The summed E-state index contributed by atoms with van der Waals surface area (Å²) in [5.41, 5.74) is 1.16. The quantitative estimate of drug-likeness (QED) is 0.526. The predicted octanol–water partition coefficient (Wildman–Crippen LogP) is 2.77. The maximum Gasteiger partial charge on any atom is 0.274 e. The van der Waals surface area contributed by atoms with Crippen molar-refractivity contribution >= 4 is 22.5 Å². The molecule has 166 valence electrons. The maximum absolute atomic E-state index is 12.9. The van der Waals surface area contributed by atoms with Crippen LogP contribution in [0, 0.1) is 0 Å². The minimum Gasteiger partial charge on any atom is -0.350 e. The normalized spacial score (nSPS) is 14.0. The molecule has 4 rings (SSSR count). The number of hydrogen-bond acceptors (Lipinski definition) is 5. The molecule has 7 nitrogen and oxygen atoms in total. The zero-order valence-electron chi connectivity index (χ0n) is 18.1. The largest absolute Gasteiger partial charge is 0.350 e. The van der Waals surface area contributed by atoms with Crippen LogP contribution in [0.25, 0.3) is 10.8 Å². The number of nitrogens with one attached hydrogen (secondary N) is 1. The topological polar surface area (TPSA) is 84.3 Å². The van der Waals surface area contributed by atoms with Crippen molar-refractivity contribution in [1.29, 1.82) is 0 Å². The van der Waals surface area contributed by atoms with Crippen molar-refractivity contribution in [2.75, 3.05) is 19.6 Å². The van der Waals surface area contributed by atoms with Gasteiger partial charge in [0.05, 0.1) is 24.2 Å². The van der Waals surface area contributed by atoms with Crippen LogP contribution >= 0.6 is 0 Å². The summed E-state index contributed by atoms with van der Waals surface area (Å²) >= 11 is 0. The molecule has 2 aromatic carbocycles. The molecule has 2 heterocycles. The summed E-state index contributed by atoms with van der Waals surface area (Å²) in [5, 5.41) is 8.78. The number of likely N-dealkylation sites (tertiary alicyclic amines) is 1. The molecule has 0 saturated carbocycles. The van der Waals surface area contributed by atoms with E-state index in [1.807, 2.05) is 36.4 Å². The van der Waals surface area contributed by atoms with Gasteiger partial charge in [-0.05, 0) is 32.0 Å². The van der Waals surface area contributed by atoms with Crippen LogP contribution in [0.3, 0.4) is 0 Å². The van der Waals surface area contributed by atoms with E-state index in [9.17, 15) is 14.4 Å². The van der Waals surface area contributed by atoms with Crippen LogP contribution in [-0.2, 0) is 17.9 Å². The van der Waals surface area contributed by atoms with E-state index in [4.69, 9.17) is 0 Å². The minimum absolute atomic E-state index is 0.0558. The number of carbonyl (C=O) groups is 2. The molecule has 1 amide bonds. The molecule has 1 fully saturated rings. The van der Waals surface area contributed by atoms with Gasteiger partial charge >= 0.3 is 0 Å². The number of hydrogen-bond donors (Lipinski definition) is 1. The lowest BCUT2D eigenvalue weighted by Gasteiger charge is -2.16. The number of nitrogens with zero attached hydrogens (tertiary/aromatic N) is 3. The van der Waals surface area contributed by atoms with Gasteiger partial charge in [-0.1, -0.05) is 48.5 Å². The first kappa shape index (κ1) is 21.9. The Morgan fingerprint density at radius 3 is 2.31 bits per heavy atom. The van der Waals surface area contributed by atoms with Crippen LogP contribution < -0.4 is 10.9 Å². The van der Waals surface area contributed by atoms with Crippen molar-refractivity contribution in [3.05, 3.63) is 76.2 Å². The number of ketones is 1. The predicted molar refractivity (Wildman–Crippen MR) is 124 cm³/mol. The summed E-state index contributed by atoms with van der Waals surface area (Å²) in [6.07, 6.45) is 2.66. The molecule has 1 aliphatic heterocycles. The average Bonchev–Trinajstić information content (AvgIpc) is 3.36. The van der Waals surface area contributed by atoms with Crippen LogP contribution in [0.1, 0.15) is 41.7 Å². The second-order valence-electron chi connectivity index (χ2n) is 8.14. The van der Waals surface area contributed by atoms with Crippen molar-refractivity contribution in [2.24, 2.45) is 0 Å².